The molecule has 0 aliphatic carbocycles. The Hall–Kier alpha value is -0.860. The highest BCUT2D eigenvalue weighted by atomic mass is 16.3. The van der Waals surface area contributed by atoms with Crippen LogP contribution in [0.25, 0.3) is 0 Å². The maximum atomic E-state index is 9.99. The average Bonchev–Trinajstić information content (AvgIpc) is 2.17. The van der Waals surface area contributed by atoms with E-state index in [9.17, 15) is 5.11 Å². The van der Waals surface area contributed by atoms with Crippen LogP contribution in [0.5, 0.6) is 0 Å². The lowest BCUT2D eigenvalue weighted by atomic mass is 9.89. The van der Waals surface area contributed by atoms with E-state index in [1.807, 2.05) is 25.2 Å². The molecule has 0 unspecified atom stereocenters. The van der Waals surface area contributed by atoms with Crippen molar-refractivity contribution in [2.45, 2.75) is 33.4 Å². The molecule has 90 valence electrons. The molecule has 1 atom stereocenters. The van der Waals surface area contributed by atoms with Crippen LogP contribution in [0.4, 0.5) is 0 Å². The van der Waals surface area contributed by atoms with Crippen molar-refractivity contribution in [1.29, 1.82) is 0 Å². The molecular formula is C14H23NO. The van der Waals surface area contributed by atoms with Crippen LogP contribution in [-0.4, -0.2) is 29.7 Å². The normalized spacial score (nSPS) is 14.1. The summed E-state index contributed by atoms with van der Waals surface area (Å²) in [5.41, 5.74) is 1.23. The van der Waals surface area contributed by atoms with Gasteiger partial charge in [0.05, 0.1) is 6.10 Å². The van der Waals surface area contributed by atoms with Gasteiger partial charge in [-0.15, -0.1) is 0 Å². The lowest BCUT2D eigenvalue weighted by Gasteiger charge is -2.29. The SMILES string of the molecule is CN(Cc1ccccc1)C[C@@H](O)C(C)(C)C. The second kappa shape index (κ2) is 5.46. The molecule has 0 fully saturated rings. The third-order valence-corrected chi connectivity index (χ3v) is 2.78. The number of likely N-dealkylation sites (N-methyl/N-ethyl adjacent to an activating group) is 1. The number of benzene rings is 1. The zero-order valence-electron chi connectivity index (χ0n) is 10.8. The van der Waals surface area contributed by atoms with E-state index in [1.165, 1.54) is 5.56 Å². The molecule has 2 heteroatoms. The average molecular weight is 221 g/mol. The summed E-state index contributed by atoms with van der Waals surface area (Å²) in [7, 11) is 2.04. The number of hydrogen-bond acceptors (Lipinski definition) is 2. The third kappa shape index (κ3) is 4.33. The summed E-state index contributed by atoms with van der Waals surface area (Å²) < 4.78 is 0. The van der Waals surface area contributed by atoms with Crippen LogP contribution >= 0.6 is 0 Å². The summed E-state index contributed by atoms with van der Waals surface area (Å²) in [4.78, 5) is 2.16. The zero-order valence-corrected chi connectivity index (χ0v) is 10.8. The molecule has 1 aromatic rings. The van der Waals surface area contributed by atoms with E-state index >= 15 is 0 Å². The van der Waals surface area contributed by atoms with Crippen LogP contribution in [0.2, 0.25) is 0 Å². The molecule has 0 heterocycles. The van der Waals surface area contributed by atoms with Crippen LogP contribution in [-0.2, 0) is 6.54 Å². The van der Waals surface area contributed by atoms with Crippen molar-refractivity contribution in [2.24, 2.45) is 5.41 Å². The largest absolute Gasteiger partial charge is 0.391 e. The predicted molar refractivity (Wildman–Crippen MR) is 68.2 cm³/mol. The fourth-order valence-corrected chi connectivity index (χ4v) is 1.53. The minimum Gasteiger partial charge on any atom is -0.391 e. The summed E-state index contributed by atoms with van der Waals surface area (Å²) in [6, 6.07) is 10.3. The van der Waals surface area contributed by atoms with Gasteiger partial charge in [0.25, 0.3) is 0 Å². The van der Waals surface area contributed by atoms with Gasteiger partial charge in [-0.3, -0.25) is 4.90 Å². The van der Waals surface area contributed by atoms with E-state index in [0.717, 1.165) is 6.54 Å². The van der Waals surface area contributed by atoms with Gasteiger partial charge in [0, 0.05) is 13.1 Å². The van der Waals surface area contributed by atoms with E-state index in [1.54, 1.807) is 0 Å². The van der Waals surface area contributed by atoms with Crippen LogP contribution in [0.3, 0.4) is 0 Å². The quantitative estimate of drug-likeness (QED) is 0.844. The summed E-state index contributed by atoms with van der Waals surface area (Å²) >= 11 is 0. The Kier molecular flexibility index (Phi) is 4.51. The summed E-state index contributed by atoms with van der Waals surface area (Å²) in [5, 5.41) is 9.99. The highest BCUT2D eigenvalue weighted by Crippen LogP contribution is 2.19. The topological polar surface area (TPSA) is 23.5 Å². The Morgan fingerprint density at radius 2 is 1.75 bits per heavy atom. The molecule has 0 saturated carbocycles. The maximum Gasteiger partial charge on any atom is 0.0715 e. The molecule has 16 heavy (non-hydrogen) atoms. The van der Waals surface area contributed by atoms with Gasteiger partial charge >= 0.3 is 0 Å². The third-order valence-electron chi connectivity index (χ3n) is 2.78. The minimum atomic E-state index is -0.291. The van der Waals surface area contributed by atoms with Crippen LogP contribution in [0, 0.1) is 5.41 Å². The van der Waals surface area contributed by atoms with Gasteiger partial charge in [-0.2, -0.15) is 0 Å². The van der Waals surface area contributed by atoms with Crippen LogP contribution in [0.1, 0.15) is 26.3 Å². The lowest BCUT2D eigenvalue weighted by Crippen LogP contribution is -2.37. The fraction of sp³-hybridized carbons (Fsp3) is 0.571. The molecule has 1 aromatic carbocycles. The number of nitrogens with zero attached hydrogens (tertiary/aromatic N) is 1. The molecule has 1 N–H and O–H groups in total. The van der Waals surface area contributed by atoms with Gasteiger partial charge in [-0.1, -0.05) is 51.1 Å². The standard InChI is InChI=1S/C14H23NO/c1-14(2,3)13(16)11-15(4)10-12-8-6-5-7-9-12/h5-9,13,16H,10-11H2,1-4H3/t13-/m1/s1. The molecule has 0 aliphatic rings. The maximum absolute atomic E-state index is 9.99. The minimum absolute atomic E-state index is 0.0506. The van der Waals surface area contributed by atoms with Gasteiger partial charge in [0.15, 0.2) is 0 Å². The van der Waals surface area contributed by atoms with E-state index in [-0.39, 0.29) is 11.5 Å². The van der Waals surface area contributed by atoms with Crippen molar-refractivity contribution >= 4 is 0 Å². The second-order valence-corrected chi connectivity index (χ2v) is 5.56. The van der Waals surface area contributed by atoms with Crippen LogP contribution in [0.15, 0.2) is 30.3 Å². The van der Waals surface area contributed by atoms with E-state index in [2.05, 4.69) is 37.8 Å². The highest BCUT2D eigenvalue weighted by molar-refractivity contribution is 5.14. The lowest BCUT2D eigenvalue weighted by molar-refractivity contribution is 0.0333. The molecule has 2 nitrogen and oxygen atoms in total. The Bertz CT molecular complexity index is 302. The van der Waals surface area contributed by atoms with Crippen molar-refractivity contribution in [3.63, 3.8) is 0 Å². The number of rotatable bonds is 4. The van der Waals surface area contributed by atoms with E-state index in [0.29, 0.717) is 6.54 Å². The van der Waals surface area contributed by atoms with Crippen molar-refractivity contribution in [3.8, 4) is 0 Å². The van der Waals surface area contributed by atoms with E-state index < -0.39 is 0 Å². The van der Waals surface area contributed by atoms with Gasteiger partial charge in [-0.25, -0.2) is 0 Å². The second-order valence-electron chi connectivity index (χ2n) is 5.56. The Morgan fingerprint density at radius 3 is 2.25 bits per heavy atom. The summed E-state index contributed by atoms with van der Waals surface area (Å²) in [6.07, 6.45) is -0.291. The van der Waals surface area contributed by atoms with Gasteiger partial charge in [-0.05, 0) is 18.0 Å². The first-order chi connectivity index (χ1) is 7.39. The van der Waals surface area contributed by atoms with Gasteiger partial charge in [0.2, 0.25) is 0 Å². The molecule has 0 saturated heterocycles. The molecule has 0 aliphatic heterocycles. The van der Waals surface area contributed by atoms with Gasteiger partial charge in [0.1, 0.15) is 0 Å². The zero-order chi connectivity index (χ0) is 12.2. The number of aliphatic hydroxyl groups is 1. The molecule has 0 amide bonds. The molecule has 1 rings (SSSR count). The molecule has 0 aromatic heterocycles. The first-order valence-corrected chi connectivity index (χ1v) is 5.80. The highest BCUT2D eigenvalue weighted by Gasteiger charge is 2.23. The van der Waals surface area contributed by atoms with Crippen LogP contribution < -0.4 is 0 Å². The van der Waals surface area contributed by atoms with Gasteiger partial charge < -0.3 is 5.11 Å². The van der Waals surface area contributed by atoms with Crippen molar-refractivity contribution < 1.29 is 5.11 Å². The Morgan fingerprint density at radius 1 is 1.19 bits per heavy atom. The smallest absolute Gasteiger partial charge is 0.0715 e. The van der Waals surface area contributed by atoms with Crippen molar-refractivity contribution in [2.75, 3.05) is 13.6 Å². The molecular weight excluding hydrogens is 198 g/mol. The number of aliphatic hydroxyl groups excluding tert-OH is 1. The number of hydrogen-bond donors (Lipinski definition) is 1. The first kappa shape index (κ1) is 13.2. The van der Waals surface area contributed by atoms with Crippen molar-refractivity contribution in [3.05, 3.63) is 35.9 Å². The monoisotopic (exact) mass is 221 g/mol. The summed E-state index contributed by atoms with van der Waals surface area (Å²) in [6.45, 7) is 7.78. The van der Waals surface area contributed by atoms with E-state index in [4.69, 9.17) is 0 Å². The van der Waals surface area contributed by atoms with Crippen molar-refractivity contribution in [1.82, 2.24) is 4.90 Å². The Balaban J connectivity index is 2.45. The summed E-state index contributed by atoms with van der Waals surface area (Å²) in [5.74, 6) is 0. The first-order valence-electron chi connectivity index (χ1n) is 5.80. The fourth-order valence-electron chi connectivity index (χ4n) is 1.53. The predicted octanol–water partition coefficient (Wildman–Crippen LogP) is 2.53. The molecule has 0 radical (unpaired) electrons. The molecule has 0 bridgehead atoms. The molecule has 0 spiro atoms. The Labute approximate surface area is 98.9 Å².